The summed E-state index contributed by atoms with van der Waals surface area (Å²) in [5, 5.41) is 6.25. The van der Waals surface area contributed by atoms with Crippen LogP contribution in [0.4, 0.5) is 11.5 Å². The Hall–Kier alpha value is -2.44. The number of nitrogens with zero attached hydrogens (tertiary/aromatic N) is 1. The molecule has 1 aliphatic rings. The predicted molar refractivity (Wildman–Crippen MR) is 104 cm³/mol. The summed E-state index contributed by atoms with van der Waals surface area (Å²) in [5.41, 5.74) is 0.576. The van der Waals surface area contributed by atoms with Gasteiger partial charge in [0.15, 0.2) is 0 Å². The highest BCUT2D eigenvalue weighted by molar-refractivity contribution is 6.31. The molecule has 1 aliphatic carbocycles. The summed E-state index contributed by atoms with van der Waals surface area (Å²) in [6.45, 7) is 0. The minimum absolute atomic E-state index is 0.182. The summed E-state index contributed by atoms with van der Waals surface area (Å²) in [5.74, 6) is -0.398. The van der Waals surface area contributed by atoms with Crippen molar-refractivity contribution < 1.29 is 14.4 Å². The van der Waals surface area contributed by atoms with Crippen molar-refractivity contribution in [3.8, 4) is 0 Å². The van der Waals surface area contributed by atoms with Gasteiger partial charge in [-0.1, -0.05) is 23.2 Å². The van der Waals surface area contributed by atoms with Crippen molar-refractivity contribution in [1.82, 2.24) is 4.98 Å². The second kappa shape index (κ2) is 8.50. The highest BCUT2D eigenvalue weighted by atomic mass is 35.5. The van der Waals surface area contributed by atoms with Crippen LogP contribution in [0.2, 0.25) is 10.0 Å². The first kappa shape index (κ1) is 19.3. The first-order valence-corrected chi connectivity index (χ1v) is 9.23. The van der Waals surface area contributed by atoms with Crippen molar-refractivity contribution in [1.29, 1.82) is 0 Å². The number of hydrogen-bond acceptors (Lipinski definition) is 4. The number of carbonyl (C=O) groups excluding carboxylic acids is 3. The Kier molecular flexibility index (Phi) is 6.08. The van der Waals surface area contributed by atoms with Crippen LogP contribution in [-0.2, 0) is 9.59 Å². The van der Waals surface area contributed by atoms with Crippen molar-refractivity contribution in [2.45, 2.75) is 25.7 Å². The molecule has 1 aromatic heterocycles. The van der Waals surface area contributed by atoms with E-state index in [0.717, 1.165) is 0 Å². The molecule has 0 aliphatic heterocycles. The molecular formula is C19H17Cl2N3O3. The molecular weight excluding hydrogens is 389 g/mol. The normalized spacial score (nSPS) is 14.7. The Balaban J connectivity index is 1.76. The van der Waals surface area contributed by atoms with E-state index in [0.29, 0.717) is 47.2 Å². The van der Waals surface area contributed by atoms with E-state index in [4.69, 9.17) is 23.2 Å². The van der Waals surface area contributed by atoms with E-state index in [1.165, 1.54) is 12.3 Å². The molecule has 2 N–H and O–H groups in total. The molecule has 27 heavy (non-hydrogen) atoms. The molecule has 8 heteroatoms. The molecule has 0 saturated heterocycles. The monoisotopic (exact) mass is 405 g/mol. The Morgan fingerprint density at radius 3 is 2.37 bits per heavy atom. The van der Waals surface area contributed by atoms with Crippen LogP contribution in [0, 0.1) is 5.92 Å². The van der Waals surface area contributed by atoms with Gasteiger partial charge in [0.05, 0.1) is 16.3 Å². The molecule has 2 aromatic rings. The van der Waals surface area contributed by atoms with Crippen LogP contribution in [0.5, 0.6) is 0 Å². The molecule has 1 saturated carbocycles. The first-order valence-electron chi connectivity index (χ1n) is 8.47. The highest BCUT2D eigenvalue weighted by Crippen LogP contribution is 2.26. The number of anilines is 2. The van der Waals surface area contributed by atoms with Gasteiger partial charge in [0, 0.05) is 30.0 Å². The van der Waals surface area contributed by atoms with Gasteiger partial charge in [0.2, 0.25) is 5.91 Å². The van der Waals surface area contributed by atoms with Gasteiger partial charge < -0.3 is 10.6 Å². The van der Waals surface area contributed by atoms with Gasteiger partial charge in [0.25, 0.3) is 5.91 Å². The third kappa shape index (κ3) is 5.05. The fourth-order valence-electron chi connectivity index (χ4n) is 2.88. The molecule has 1 heterocycles. The van der Waals surface area contributed by atoms with E-state index in [1.54, 1.807) is 24.3 Å². The van der Waals surface area contributed by atoms with Gasteiger partial charge in [-0.3, -0.25) is 14.4 Å². The van der Waals surface area contributed by atoms with E-state index in [2.05, 4.69) is 15.6 Å². The number of benzene rings is 1. The molecule has 0 spiro atoms. The fraction of sp³-hybridized carbons (Fsp3) is 0.263. The van der Waals surface area contributed by atoms with E-state index in [9.17, 15) is 14.4 Å². The first-order chi connectivity index (χ1) is 12.9. The Morgan fingerprint density at radius 2 is 1.70 bits per heavy atom. The minimum atomic E-state index is -0.457. The number of carbonyl (C=O) groups is 3. The number of hydrogen-bond donors (Lipinski definition) is 2. The summed E-state index contributed by atoms with van der Waals surface area (Å²) in [4.78, 5) is 40.5. The van der Waals surface area contributed by atoms with Gasteiger partial charge in [-0.15, -0.1) is 0 Å². The van der Waals surface area contributed by atoms with Crippen molar-refractivity contribution >= 4 is 52.3 Å². The summed E-state index contributed by atoms with van der Waals surface area (Å²) >= 11 is 11.8. The van der Waals surface area contributed by atoms with Crippen LogP contribution < -0.4 is 10.6 Å². The average molecular weight is 406 g/mol. The summed E-state index contributed by atoms with van der Waals surface area (Å²) < 4.78 is 0. The predicted octanol–water partition coefficient (Wildman–Crippen LogP) is 4.34. The number of ketones is 1. The van der Waals surface area contributed by atoms with Crippen LogP contribution in [0.1, 0.15) is 36.0 Å². The van der Waals surface area contributed by atoms with Gasteiger partial charge in [-0.25, -0.2) is 4.98 Å². The van der Waals surface area contributed by atoms with Gasteiger partial charge >= 0.3 is 0 Å². The Labute approximate surface area is 166 Å². The molecule has 0 bridgehead atoms. The zero-order valence-electron chi connectivity index (χ0n) is 14.3. The standard InChI is InChI=1S/C19H17Cl2N3O3/c20-12-3-7-16(23-18(26)11-1-5-14(25)6-2-11)15(9-12)19(27)24-17-8-4-13(21)10-22-17/h3-4,7-11H,1-2,5-6H2,(H,23,26)(H,22,24,27). The number of nitrogens with one attached hydrogen (secondary N) is 2. The quantitative estimate of drug-likeness (QED) is 0.791. The Bertz CT molecular complexity index is 874. The van der Waals surface area contributed by atoms with Crippen molar-refractivity contribution in [2.75, 3.05) is 10.6 Å². The lowest BCUT2D eigenvalue weighted by molar-refractivity contribution is -0.125. The molecule has 1 aromatic carbocycles. The number of amides is 2. The molecule has 0 radical (unpaired) electrons. The second-order valence-electron chi connectivity index (χ2n) is 6.31. The summed E-state index contributed by atoms with van der Waals surface area (Å²) in [6, 6.07) is 7.83. The van der Waals surface area contributed by atoms with Crippen molar-refractivity contribution in [3.63, 3.8) is 0 Å². The lowest BCUT2D eigenvalue weighted by atomic mass is 9.88. The third-order valence-corrected chi connectivity index (χ3v) is 4.83. The summed E-state index contributed by atoms with van der Waals surface area (Å²) in [6.07, 6.45) is 3.29. The van der Waals surface area contributed by atoms with E-state index >= 15 is 0 Å². The van der Waals surface area contributed by atoms with Gasteiger partial charge in [0.1, 0.15) is 11.6 Å². The third-order valence-electron chi connectivity index (χ3n) is 4.37. The van der Waals surface area contributed by atoms with Crippen LogP contribution in [-0.4, -0.2) is 22.6 Å². The van der Waals surface area contributed by atoms with Gasteiger partial charge in [-0.2, -0.15) is 0 Å². The number of pyridine rings is 1. The van der Waals surface area contributed by atoms with Gasteiger partial charge in [-0.05, 0) is 43.2 Å². The molecule has 0 unspecified atom stereocenters. The second-order valence-corrected chi connectivity index (χ2v) is 7.18. The molecule has 2 amide bonds. The SMILES string of the molecule is O=C1CCC(C(=O)Nc2ccc(Cl)cc2C(=O)Nc2ccc(Cl)cn2)CC1. The van der Waals surface area contributed by atoms with Crippen LogP contribution in [0.25, 0.3) is 0 Å². The smallest absolute Gasteiger partial charge is 0.258 e. The maximum atomic E-state index is 12.6. The number of rotatable bonds is 4. The van der Waals surface area contributed by atoms with Crippen LogP contribution in [0.15, 0.2) is 36.5 Å². The number of Topliss-reactive ketones (excluding diaryl/α,β-unsaturated/α-hetero) is 1. The van der Waals surface area contributed by atoms with E-state index in [1.807, 2.05) is 0 Å². The Morgan fingerprint density at radius 1 is 1.00 bits per heavy atom. The zero-order valence-corrected chi connectivity index (χ0v) is 15.8. The summed E-state index contributed by atoms with van der Waals surface area (Å²) in [7, 11) is 0. The maximum Gasteiger partial charge on any atom is 0.258 e. The maximum absolute atomic E-state index is 12.6. The van der Waals surface area contributed by atoms with Crippen LogP contribution >= 0.6 is 23.2 Å². The molecule has 1 fully saturated rings. The molecule has 6 nitrogen and oxygen atoms in total. The largest absolute Gasteiger partial charge is 0.325 e. The average Bonchev–Trinajstić information content (AvgIpc) is 2.65. The zero-order chi connectivity index (χ0) is 19.4. The van der Waals surface area contributed by atoms with Crippen molar-refractivity contribution in [2.24, 2.45) is 5.92 Å². The van der Waals surface area contributed by atoms with E-state index < -0.39 is 5.91 Å². The fourth-order valence-corrected chi connectivity index (χ4v) is 3.17. The number of halogens is 2. The van der Waals surface area contributed by atoms with Crippen LogP contribution in [0.3, 0.4) is 0 Å². The molecule has 0 atom stereocenters. The minimum Gasteiger partial charge on any atom is -0.325 e. The molecule has 3 rings (SSSR count). The van der Waals surface area contributed by atoms with E-state index in [-0.39, 0.29) is 23.2 Å². The lowest BCUT2D eigenvalue weighted by Crippen LogP contribution is -2.28. The number of aromatic nitrogens is 1. The lowest BCUT2D eigenvalue weighted by Gasteiger charge is -2.21. The van der Waals surface area contributed by atoms with Crippen molar-refractivity contribution in [3.05, 3.63) is 52.1 Å². The topological polar surface area (TPSA) is 88.2 Å². The highest BCUT2D eigenvalue weighted by Gasteiger charge is 2.26. The molecule has 140 valence electrons.